The van der Waals surface area contributed by atoms with Gasteiger partial charge in [-0.25, -0.2) is 0 Å². The molecule has 1 aliphatic heterocycles. The number of amides is 1. The van der Waals surface area contributed by atoms with Crippen molar-refractivity contribution in [3.05, 3.63) is 88.4 Å². The van der Waals surface area contributed by atoms with Crippen molar-refractivity contribution < 1.29 is 14.3 Å². The highest BCUT2D eigenvalue weighted by Gasteiger charge is 2.56. The number of hydrogen-bond donors (Lipinski definition) is 0. The largest absolute Gasteiger partial charge is 0.496 e. The first-order valence-corrected chi connectivity index (χ1v) is 10.7. The third kappa shape index (κ3) is 3.58. The minimum Gasteiger partial charge on any atom is -0.496 e. The summed E-state index contributed by atoms with van der Waals surface area (Å²) in [5, 5.41) is 0. The Kier molecular flexibility index (Phi) is 5.56. The summed E-state index contributed by atoms with van der Waals surface area (Å²) < 4.78 is 12.7. The van der Waals surface area contributed by atoms with Crippen LogP contribution in [-0.4, -0.2) is 13.0 Å². The van der Waals surface area contributed by atoms with Crippen LogP contribution in [0.3, 0.4) is 0 Å². The molecule has 1 amide bonds. The van der Waals surface area contributed by atoms with E-state index in [9.17, 15) is 4.79 Å². The average molecular weight is 466 g/mol. The molecule has 0 saturated carbocycles. The second-order valence-corrected chi connectivity index (χ2v) is 8.84. The highest BCUT2D eigenvalue weighted by atomic mass is 79.9. The first-order chi connectivity index (χ1) is 14.4. The van der Waals surface area contributed by atoms with Crippen LogP contribution in [0.1, 0.15) is 31.0 Å². The van der Waals surface area contributed by atoms with Crippen LogP contribution in [0.2, 0.25) is 0 Å². The van der Waals surface area contributed by atoms with Gasteiger partial charge in [0.25, 0.3) is 0 Å². The fourth-order valence-electron chi connectivity index (χ4n) is 4.00. The predicted molar refractivity (Wildman–Crippen MR) is 122 cm³/mol. The molecular formula is C25H24BrNO3. The van der Waals surface area contributed by atoms with Crippen LogP contribution in [-0.2, 0) is 11.4 Å². The number of halogens is 1. The van der Waals surface area contributed by atoms with E-state index in [4.69, 9.17) is 9.47 Å². The molecule has 0 N–H and O–H groups in total. The fourth-order valence-corrected chi connectivity index (χ4v) is 4.34. The summed E-state index contributed by atoms with van der Waals surface area (Å²) in [5.41, 5.74) is 2.28. The highest BCUT2D eigenvalue weighted by Crippen LogP contribution is 2.55. The number of β-lactam (4-membered cyclic amide) rings is 1. The molecule has 154 valence electrons. The van der Waals surface area contributed by atoms with Gasteiger partial charge in [0.05, 0.1) is 24.3 Å². The van der Waals surface area contributed by atoms with Crippen molar-refractivity contribution in [3.63, 3.8) is 0 Å². The molecule has 1 atom stereocenters. The van der Waals surface area contributed by atoms with E-state index in [0.29, 0.717) is 12.4 Å². The molecule has 1 saturated heterocycles. The van der Waals surface area contributed by atoms with E-state index in [0.717, 1.165) is 27.0 Å². The summed E-state index contributed by atoms with van der Waals surface area (Å²) in [6.45, 7) is 4.40. The Morgan fingerprint density at radius 2 is 1.67 bits per heavy atom. The van der Waals surface area contributed by atoms with Gasteiger partial charge in [0, 0.05) is 10.0 Å². The van der Waals surface area contributed by atoms with Gasteiger partial charge < -0.3 is 9.47 Å². The van der Waals surface area contributed by atoms with E-state index < -0.39 is 5.41 Å². The number of rotatable bonds is 6. The molecule has 1 aliphatic rings. The number of benzene rings is 3. The van der Waals surface area contributed by atoms with Gasteiger partial charge in [0.2, 0.25) is 5.91 Å². The molecule has 3 aromatic rings. The van der Waals surface area contributed by atoms with Gasteiger partial charge >= 0.3 is 0 Å². The summed E-state index contributed by atoms with van der Waals surface area (Å²) in [4.78, 5) is 15.0. The van der Waals surface area contributed by atoms with Gasteiger partial charge in [-0.3, -0.25) is 9.69 Å². The number of methoxy groups -OCH3 is 1. The van der Waals surface area contributed by atoms with Crippen molar-refractivity contribution in [2.24, 2.45) is 5.41 Å². The van der Waals surface area contributed by atoms with Gasteiger partial charge in [-0.2, -0.15) is 0 Å². The molecule has 0 aromatic heterocycles. The summed E-state index contributed by atoms with van der Waals surface area (Å²) in [6, 6.07) is 23.5. The number of ether oxygens (including phenoxy) is 2. The van der Waals surface area contributed by atoms with E-state index >= 15 is 0 Å². The molecule has 0 unspecified atom stereocenters. The second-order valence-electron chi connectivity index (χ2n) is 7.93. The van der Waals surface area contributed by atoms with Crippen LogP contribution in [0.15, 0.2) is 77.3 Å². The lowest BCUT2D eigenvalue weighted by atomic mass is 9.70. The SMILES string of the molecule is COc1cc(Br)ccc1[C@@H]1N(c2ccccc2OCc2ccccc2)C(=O)C1(C)C. The zero-order valence-corrected chi connectivity index (χ0v) is 18.8. The number of para-hydroxylation sites is 2. The van der Waals surface area contributed by atoms with Gasteiger partial charge in [0.15, 0.2) is 0 Å². The first kappa shape index (κ1) is 20.5. The number of nitrogens with zero attached hydrogens (tertiary/aromatic N) is 1. The molecule has 0 aliphatic carbocycles. The molecule has 0 radical (unpaired) electrons. The Hall–Kier alpha value is -2.79. The molecule has 4 rings (SSSR count). The van der Waals surface area contributed by atoms with Crippen LogP contribution in [0.5, 0.6) is 11.5 Å². The first-order valence-electron chi connectivity index (χ1n) is 9.86. The van der Waals surface area contributed by atoms with E-state index in [2.05, 4.69) is 15.9 Å². The molecule has 30 heavy (non-hydrogen) atoms. The molecule has 3 aromatic carbocycles. The summed E-state index contributed by atoms with van der Waals surface area (Å²) in [5.74, 6) is 1.50. The standard InChI is InChI=1S/C25H24BrNO3/c1-25(2)23(19-14-13-18(26)15-22(19)29-3)27(24(25)28)20-11-7-8-12-21(20)30-16-17-9-5-4-6-10-17/h4-15,23H,16H2,1-3H3/t23-/m0/s1. The van der Waals surface area contributed by atoms with Crippen molar-refractivity contribution in [1.29, 1.82) is 0 Å². The maximum absolute atomic E-state index is 13.2. The molecule has 0 bridgehead atoms. The van der Waals surface area contributed by atoms with Gasteiger partial charge in [0.1, 0.15) is 18.1 Å². The van der Waals surface area contributed by atoms with Gasteiger partial charge in [-0.1, -0.05) is 64.5 Å². The van der Waals surface area contributed by atoms with E-state index in [-0.39, 0.29) is 11.9 Å². The van der Waals surface area contributed by atoms with Crippen LogP contribution in [0, 0.1) is 5.41 Å². The highest BCUT2D eigenvalue weighted by molar-refractivity contribution is 9.10. The summed E-state index contributed by atoms with van der Waals surface area (Å²) in [6.07, 6.45) is 0. The Labute approximate surface area is 185 Å². The summed E-state index contributed by atoms with van der Waals surface area (Å²) in [7, 11) is 1.65. The van der Waals surface area contributed by atoms with Crippen molar-refractivity contribution in [3.8, 4) is 11.5 Å². The quantitative estimate of drug-likeness (QED) is 0.409. The predicted octanol–water partition coefficient (Wildman–Crippen LogP) is 6.15. The van der Waals surface area contributed by atoms with Gasteiger partial charge in [-0.05, 0) is 43.7 Å². The van der Waals surface area contributed by atoms with Crippen LogP contribution in [0.4, 0.5) is 5.69 Å². The Bertz CT molecular complexity index is 1060. The number of carbonyl (C=O) groups is 1. The van der Waals surface area contributed by atoms with Crippen molar-refractivity contribution in [2.75, 3.05) is 12.0 Å². The van der Waals surface area contributed by atoms with E-state index in [1.165, 1.54) is 0 Å². The molecule has 1 heterocycles. The van der Waals surface area contributed by atoms with Gasteiger partial charge in [-0.15, -0.1) is 0 Å². The monoisotopic (exact) mass is 465 g/mol. The lowest BCUT2D eigenvalue weighted by molar-refractivity contribution is -0.137. The van der Waals surface area contributed by atoms with Crippen LogP contribution in [0.25, 0.3) is 0 Å². The topological polar surface area (TPSA) is 38.8 Å². The van der Waals surface area contributed by atoms with Crippen molar-refractivity contribution in [2.45, 2.75) is 26.5 Å². The molecule has 1 fully saturated rings. The maximum Gasteiger partial charge on any atom is 0.235 e. The number of anilines is 1. The third-order valence-corrected chi connectivity index (χ3v) is 6.06. The second kappa shape index (κ2) is 8.15. The number of hydrogen-bond acceptors (Lipinski definition) is 3. The maximum atomic E-state index is 13.2. The van der Waals surface area contributed by atoms with E-state index in [1.54, 1.807) is 7.11 Å². The molecule has 4 nitrogen and oxygen atoms in total. The van der Waals surface area contributed by atoms with Crippen LogP contribution < -0.4 is 14.4 Å². The Morgan fingerprint density at radius 3 is 2.40 bits per heavy atom. The fraction of sp³-hybridized carbons (Fsp3) is 0.240. The van der Waals surface area contributed by atoms with Crippen LogP contribution >= 0.6 is 15.9 Å². The smallest absolute Gasteiger partial charge is 0.235 e. The normalized spacial score (nSPS) is 17.4. The molecule has 5 heteroatoms. The zero-order valence-electron chi connectivity index (χ0n) is 17.3. The Balaban J connectivity index is 1.70. The minimum absolute atomic E-state index is 0.0632. The Morgan fingerprint density at radius 1 is 0.967 bits per heavy atom. The van der Waals surface area contributed by atoms with Crippen molar-refractivity contribution in [1.82, 2.24) is 0 Å². The lowest BCUT2D eigenvalue weighted by Gasteiger charge is -2.53. The van der Waals surface area contributed by atoms with Crippen molar-refractivity contribution >= 4 is 27.5 Å². The number of carbonyl (C=O) groups excluding carboxylic acids is 1. The third-order valence-electron chi connectivity index (χ3n) is 5.56. The lowest BCUT2D eigenvalue weighted by Crippen LogP contribution is -2.61. The minimum atomic E-state index is -0.548. The molecular weight excluding hydrogens is 442 g/mol. The molecule has 0 spiro atoms. The van der Waals surface area contributed by atoms with E-state index in [1.807, 2.05) is 91.5 Å². The summed E-state index contributed by atoms with van der Waals surface area (Å²) >= 11 is 3.50. The average Bonchev–Trinajstić information content (AvgIpc) is 2.77. The zero-order chi connectivity index (χ0) is 21.3.